The molecule has 126 valence electrons. The van der Waals surface area contributed by atoms with E-state index >= 15 is 0 Å². The van der Waals surface area contributed by atoms with Crippen molar-refractivity contribution in [3.05, 3.63) is 58.3 Å². The van der Waals surface area contributed by atoms with Crippen molar-refractivity contribution in [2.45, 2.75) is 30.8 Å². The zero-order chi connectivity index (χ0) is 16.4. The Balaban J connectivity index is 1.39. The fraction of sp³-hybridized carbons (Fsp3) is 0.421. The fourth-order valence-electron chi connectivity index (χ4n) is 3.68. The molecule has 1 unspecified atom stereocenters. The summed E-state index contributed by atoms with van der Waals surface area (Å²) in [6.45, 7) is 3.17. The molecule has 0 saturated carbocycles. The van der Waals surface area contributed by atoms with Gasteiger partial charge in [-0.25, -0.2) is 0 Å². The van der Waals surface area contributed by atoms with Gasteiger partial charge in [0.15, 0.2) is 0 Å². The van der Waals surface area contributed by atoms with E-state index in [4.69, 9.17) is 0 Å². The normalized spacial score (nSPS) is 23.1. The lowest BCUT2D eigenvalue weighted by Gasteiger charge is -2.38. The molecule has 2 aromatic rings. The third-order valence-electron chi connectivity index (χ3n) is 4.89. The van der Waals surface area contributed by atoms with Crippen molar-refractivity contribution < 1.29 is 4.79 Å². The SMILES string of the molecule is O=C1CSC(c2cccs2)N1C1CCN(Cc2ccccc2)CC1. The molecule has 2 fully saturated rings. The number of thiophene rings is 1. The van der Waals surface area contributed by atoms with Gasteiger partial charge in [-0.05, 0) is 29.9 Å². The number of carbonyl (C=O) groups excluding carboxylic acids is 1. The van der Waals surface area contributed by atoms with E-state index in [-0.39, 0.29) is 5.37 Å². The van der Waals surface area contributed by atoms with Gasteiger partial charge in [-0.1, -0.05) is 36.4 Å². The molecule has 2 aliphatic heterocycles. The van der Waals surface area contributed by atoms with Crippen molar-refractivity contribution in [3.63, 3.8) is 0 Å². The summed E-state index contributed by atoms with van der Waals surface area (Å²) in [6.07, 6.45) is 2.17. The monoisotopic (exact) mass is 358 g/mol. The quantitative estimate of drug-likeness (QED) is 0.826. The number of benzene rings is 1. The van der Waals surface area contributed by atoms with Gasteiger partial charge in [-0.3, -0.25) is 9.69 Å². The standard InChI is InChI=1S/C19H22N2OS2/c22-18-14-24-19(17-7-4-12-23-17)21(18)16-8-10-20(11-9-16)13-15-5-2-1-3-6-15/h1-7,12,16,19H,8-11,13-14H2. The highest BCUT2D eigenvalue weighted by molar-refractivity contribution is 8.00. The number of amides is 1. The molecule has 0 radical (unpaired) electrons. The number of piperidine rings is 1. The summed E-state index contributed by atoms with van der Waals surface area (Å²) in [5, 5.41) is 2.35. The molecule has 4 rings (SSSR count). The predicted molar refractivity (Wildman–Crippen MR) is 101 cm³/mol. The molecule has 3 nitrogen and oxygen atoms in total. The van der Waals surface area contributed by atoms with Crippen molar-refractivity contribution in [2.24, 2.45) is 0 Å². The van der Waals surface area contributed by atoms with Crippen LogP contribution >= 0.6 is 23.1 Å². The Morgan fingerprint density at radius 2 is 1.83 bits per heavy atom. The highest BCUT2D eigenvalue weighted by Crippen LogP contribution is 2.43. The number of likely N-dealkylation sites (tertiary alicyclic amines) is 1. The minimum atomic E-state index is 0.239. The second-order valence-electron chi connectivity index (χ2n) is 6.47. The molecule has 5 heteroatoms. The maximum atomic E-state index is 12.4. The van der Waals surface area contributed by atoms with Gasteiger partial charge in [0.2, 0.25) is 5.91 Å². The highest BCUT2D eigenvalue weighted by Gasteiger charge is 2.39. The number of hydrogen-bond donors (Lipinski definition) is 0. The van der Waals surface area contributed by atoms with E-state index in [0.29, 0.717) is 17.7 Å². The van der Waals surface area contributed by atoms with Gasteiger partial charge in [-0.15, -0.1) is 23.1 Å². The van der Waals surface area contributed by atoms with Crippen LogP contribution in [0.2, 0.25) is 0 Å². The lowest BCUT2D eigenvalue weighted by molar-refractivity contribution is -0.131. The van der Waals surface area contributed by atoms with E-state index in [1.165, 1.54) is 10.4 Å². The summed E-state index contributed by atoms with van der Waals surface area (Å²) in [5.41, 5.74) is 1.38. The third-order valence-corrected chi connectivity index (χ3v) is 7.18. The maximum absolute atomic E-state index is 12.4. The van der Waals surface area contributed by atoms with Gasteiger partial charge in [0, 0.05) is 30.6 Å². The van der Waals surface area contributed by atoms with Gasteiger partial charge in [0.05, 0.1) is 5.75 Å². The Morgan fingerprint density at radius 1 is 1.04 bits per heavy atom. The van der Waals surface area contributed by atoms with E-state index in [9.17, 15) is 4.79 Å². The Labute approximate surface area is 151 Å². The molecule has 0 spiro atoms. The Kier molecular flexibility index (Phi) is 4.92. The predicted octanol–water partition coefficient (Wildman–Crippen LogP) is 3.99. The first kappa shape index (κ1) is 16.2. The second-order valence-corrected chi connectivity index (χ2v) is 8.52. The Morgan fingerprint density at radius 3 is 2.54 bits per heavy atom. The smallest absolute Gasteiger partial charge is 0.234 e. The molecule has 24 heavy (non-hydrogen) atoms. The van der Waals surface area contributed by atoms with E-state index in [0.717, 1.165) is 32.5 Å². The van der Waals surface area contributed by atoms with E-state index in [2.05, 4.69) is 57.6 Å². The highest BCUT2D eigenvalue weighted by atomic mass is 32.2. The van der Waals surface area contributed by atoms with Crippen molar-refractivity contribution in [1.29, 1.82) is 0 Å². The zero-order valence-electron chi connectivity index (χ0n) is 13.6. The fourth-order valence-corrected chi connectivity index (χ4v) is 5.89. The molecule has 2 saturated heterocycles. The van der Waals surface area contributed by atoms with Crippen LogP contribution in [-0.4, -0.2) is 40.6 Å². The van der Waals surface area contributed by atoms with Gasteiger partial charge in [-0.2, -0.15) is 0 Å². The molecule has 0 N–H and O–H groups in total. The molecule has 1 aromatic carbocycles. The van der Waals surface area contributed by atoms with Gasteiger partial charge in [0.1, 0.15) is 5.37 Å². The molecule has 1 atom stereocenters. The average Bonchev–Trinajstić information content (AvgIpc) is 3.26. The molecular weight excluding hydrogens is 336 g/mol. The second kappa shape index (κ2) is 7.30. The number of hydrogen-bond acceptors (Lipinski definition) is 4. The van der Waals surface area contributed by atoms with Crippen LogP contribution in [0.3, 0.4) is 0 Å². The first-order chi connectivity index (χ1) is 11.8. The summed E-state index contributed by atoms with van der Waals surface area (Å²) < 4.78 is 0. The van der Waals surface area contributed by atoms with Crippen molar-refractivity contribution in [1.82, 2.24) is 9.80 Å². The summed E-state index contributed by atoms with van der Waals surface area (Å²) in [5.74, 6) is 0.951. The number of nitrogens with zero attached hydrogens (tertiary/aromatic N) is 2. The molecule has 2 aliphatic rings. The molecular formula is C19H22N2OS2. The molecule has 1 aromatic heterocycles. The van der Waals surface area contributed by atoms with Crippen molar-refractivity contribution in [3.8, 4) is 0 Å². The number of thioether (sulfide) groups is 1. The number of carbonyl (C=O) groups is 1. The van der Waals surface area contributed by atoms with Crippen molar-refractivity contribution >= 4 is 29.0 Å². The number of rotatable bonds is 4. The van der Waals surface area contributed by atoms with Crippen LogP contribution in [0.5, 0.6) is 0 Å². The molecule has 0 aliphatic carbocycles. The largest absolute Gasteiger partial charge is 0.322 e. The summed E-state index contributed by atoms with van der Waals surface area (Å²) in [7, 11) is 0. The Bertz CT molecular complexity index is 666. The van der Waals surface area contributed by atoms with Crippen LogP contribution < -0.4 is 0 Å². The topological polar surface area (TPSA) is 23.6 Å². The van der Waals surface area contributed by atoms with Crippen LogP contribution in [-0.2, 0) is 11.3 Å². The van der Waals surface area contributed by atoms with E-state index in [1.807, 2.05) is 0 Å². The first-order valence-corrected chi connectivity index (χ1v) is 10.5. The van der Waals surface area contributed by atoms with E-state index < -0.39 is 0 Å². The van der Waals surface area contributed by atoms with Crippen molar-refractivity contribution in [2.75, 3.05) is 18.8 Å². The van der Waals surface area contributed by atoms with Gasteiger partial charge in [0.25, 0.3) is 0 Å². The van der Waals surface area contributed by atoms with Gasteiger partial charge < -0.3 is 4.90 Å². The molecule has 1 amide bonds. The van der Waals surface area contributed by atoms with Crippen LogP contribution in [0.4, 0.5) is 0 Å². The molecule has 0 bridgehead atoms. The average molecular weight is 359 g/mol. The minimum absolute atomic E-state index is 0.239. The van der Waals surface area contributed by atoms with E-state index in [1.54, 1.807) is 23.1 Å². The summed E-state index contributed by atoms with van der Waals surface area (Å²) >= 11 is 3.55. The minimum Gasteiger partial charge on any atom is -0.322 e. The van der Waals surface area contributed by atoms with Crippen LogP contribution in [0.25, 0.3) is 0 Å². The maximum Gasteiger partial charge on any atom is 0.234 e. The lowest BCUT2D eigenvalue weighted by Crippen LogP contribution is -2.46. The third kappa shape index (κ3) is 3.39. The van der Waals surface area contributed by atoms with Gasteiger partial charge >= 0.3 is 0 Å². The molecule has 3 heterocycles. The zero-order valence-corrected chi connectivity index (χ0v) is 15.3. The summed E-state index contributed by atoms with van der Waals surface area (Å²) in [4.78, 5) is 18.5. The van der Waals surface area contributed by atoms with Crippen LogP contribution in [0.15, 0.2) is 47.8 Å². The van der Waals surface area contributed by atoms with Crippen LogP contribution in [0.1, 0.15) is 28.7 Å². The first-order valence-electron chi connectivity index (χ1n) is 8.54. The lowest BCUT2D eigenvalue weighted by atomic mass is 10.0. The summed E-state index contributed by atoms with van der Waals surface area (Å²) in [6, 6.07) is 15.3. The van der Waals surface area contributed by atoms with Crippen LogP contribution in [0, 0.1) is 0 Å². The Hall–Kier alpha value is -1.30.